The summed E-state index contributed by atoms with van der Waals surface area (Å²) >= 11 is 0. The number of nitrogens with one attached hydrogen (secondary N) is 1. The van der Waals surface area contributed by atoms with Gasteiger partial charge in [0.1, 0.15) is 12.4 Å². The van der Waals surface area contributed by atoms with Gasteiger partial charge in [-0.3, -0.25) is 9.52 Å². The maximum absolute atomic E-state index is 12.9. The number of ether oxygens (including phenoxy) is 1. The predicted octanol–water partition coefficient (Wildman–Crippen LogP) is 3.59. The van der Waals surface area contributed by atoms with Crippen molar-refractivity contribution in [2.24, 2.45) is 0 Å². The SMILES string of the molecule is Br.CCN(CC)CCOc1ccc(NS(C)(=O)=O)cc1C(=O)c1ccccc1. The van der Waals surface area contributed by atoms with E-state index in [1.807, 2.05) is 6.07 Å². The molecule has 8 heteroatoms. The van der Waals surface area contributed by atoms with E-state index in [1.165, 1.54) is 6.07 Å². The first-order valence-corrected chi connectivity index (χ1v) is 10.8. The molecule has 2 aromatic rings. The molecule has 1 N–H and O–H groups in total. The molecule has 0 aliphatic carbocycles. The summed E-state index contributed by atoms with van der Waals surface area (Å²) in [7, 11) is -3.44. The van der Waals surface area contributed by atoms with Gasteiger partial charge in [-0.05, 0) is 31.3 Å². The average molecular weight is 471 g/mol. The van der Waals surface area contributed by atoms with Crippen molar-refractivity contribution in [3.05, 3.63) is 59.7 Å². The summed E-state index contributed by atoms with van der Waals surface area (Å²) in [5, 5.41) is 0. The maximum Gasteiger partial charge on any atom is 0.229 e. The third-order valence-corrected chi connectivity index (χ3v) is 4.73. The van der Waals surface area contributed by atoms with E-state index in [1.54, 1.807) is 36.4 Å². The number of hydrogen-bond donors (Lipinski definition) is 1. The lowest BCUT2D eigenvalue weighted by Crippen LogP contribution is -2.28. The van der Waals surface area contributed by atoms with Crippen LogP contribution in [0.2, 0.25) is 0 Å². The van der Waals surface area contributed by atoms with E-state index in [4.69, 9.17) is 4.74 Å². The number of ketones is 1. The Bertz CT molecular complexity index is 869. The van der Waals surface area contributed by atoms with E-state index in [0.717, 1.165) is 25.9 Å². The van der Waals surface area contributed by atoms with E-state index < -0.39 is 10.0 Å². The minimum absolute atomic E-state index is 0. The van der Waals surface area contributed by atoms with Crippen LogP contribution in [-0.2, 0) is 10.0 Å². The summed E-state index contributed by atoms with van der Waals surface area (Å²) in [5.74, 6) is 0.223. The summed E-state index contributed by atoms with van der Waals surface area (Å²) in [6, 6.07) is 13.6. The molecule has 0 bridgehead atoms. The summed E-state index contributed by atoms with van der Waals surface area (Å²) in [6.07, 6.45) is 1.07. The number of rotatable bonds is 10. The van der Waals surface area contributed by atoms with Crippen LogP contribution in [0.4, 0.5) is 5.69 Å². The second-order valence-corrected chi connectivity index (χ2v) is 7.90. The van der Waals surface area contributed by atoms with Crippen LogP contribution >= 0.6 is 17.0 Å². The van der Waals surface area contributed by atoms with Gasteiger partial charge >= 0.3 is 0 Å². The Kier molecular flexibility index (Phi) is 9.64. The Balaban J connectivity index is 0.00000392. The Labute approximate surface area is 177 Å². The van der Waals surface area contributed by atoms with Crippen molar-refractivity contribution in [1.29, 1.82) is 0 Å². The summed E-state index contributed by atoms with van der Waals surface area (Å²) in [6.45, 7) is 7.20. The zero-order valence-corrected chi connectivity index (χ0v) is 18.9. The molecular weight excluding hydrogens is 444 g/mol. The van der Waals surface area contributed by atoms with Crippen molar-refractivity contribution in [1.82, 2.24) is 4.90 Å². The fraction of sp³-hybridized carbons (Fsp3) is 0.350. The fourth-order valence-corrected chi connectivity index (χ4v) is 3.24. The highest BCUT2D eigenvalue weighted by atomic mass is 79.9. The van der Waals surface area contributed by atoms with Gasteiger partial charge in [-0.15, -0.1) is 17.0 Å². The lowest BCUT2D eigenvalue weighted by Gasteiger charge is -2.19. The predicted molar refractivity (Wildman–Crippen MR) is 118 cm³/mol. The summed E-state index contributed by atoms with van der Waals surface area (Å²) in [4.78, 5) is 15.1. The van der Waals surface area contributed by atoms with E-state index in [0.29, 0.717) is 29.2 Å². The Morgan fingerprint density at radius 2 is 1.71 bits per heavy atom. The van der Waals surface area contributed by atoms with Gasteiger partial charge in [-0.2, -0.15) is 0 Å². The molecule has 0 atom stereocenters. The quantitative estimate of drug-likeness (QED) is 0.536. The van der Waals surface area contributed by atoms with Gasteiger partial charge in [0.2, 0.25) is 10.0 Å². The number of sulfonamides is 1. The molecule has 0 aliphatic heterocycles. The van der Waals surface area contributed by atoms with Crippen molar-refractivity contribution < 1.29 is 17.9 Å². The second-order valence-electron chi connectivity index (χ2n) is 6.16. The van der Waals surface area contributed by atoms with Crippen LogP contribution < -0.4 is 9.46 Å². The minimum atomic E-state index is -3.44. The van der Waals surface area contributed by atoms with E-state index in [-0.39, 0.29) is 22.8 Å². The van der Waals surface area contributed by atoms with Crippen LogP contribution in [0.1, 0.15) is 29.8 Å². The smallest absolute Gasteiger partial charge is 0.229 e. The largest absolute Gasteiger partial charge is 0.491 e. The molecule has 0 saturated heterocycles. The molecule has 0 saturated carbocycles. The third kappa shape index (κ3) is 7.26. The first-order valence-electron chi connectivity index (χ1n) is 8.90. The maximum atomic E-state index is 12.9. The molecule has 0 fully saturated rings. The standard InChI is InChI=1S/C20H26N2O4S.BrH/c1-4-22(5-2)13-14-26-19-12-11-17(21-27(3,24)25)15-18(19)20(23)16-9-7-6-8-10-16;/h6-12,15,21H,4-5,13-14H2,1-3H3;1H. The highest BCUT2D eigenvalue weighted by Crippen LogP contribution is 2.26. The van der Waals surface area contributed by atoms with Gasteiger partial charge in [0, 0.05) is 17.8 Å². The highest BCUT2D eigenvalue weighted by Gasteiger charge is 2.17. The van der Waals surface area contributed by atoms with Crippen LogP contribution in [-0.4, -0.2) is 51.6 Å². The third-order valence-electron chi connectivity index (χ3n) is 4.12. The molecule has 6 nitrogen and oxygen atoms in total. The number of carbonyl (C=O) groups excluding carboxylic acids is 1. The average Bonchev–Trinajstić information content (AvgIpc) is 2.65. The Morgan fingerprint density at radius 1 is 1.07 bits per heavy atom. The number of carbonyl (C=O) groups is 1. The van der Waals surface area contributed by atoms with E-state index >= 15 is 0 Å². The zero-order valence-electron chi connectivity index (χ0n) is 16.3. The number of anilines is 1. The molecule has 0 unspecified atom stereocenters. The molecule has 28 heavy (non-hydrogen) atoms. The molecule has 0 aromatic heterocycles. The Morgan fingerprint density at radius 3 is 2.29 bits per heavy atom. The van der Waals surface area contributed by atoms with Gasteiger partial charge in [0.15, 0.2) is 5.78 Å². The first-order chi connectivity index (χ1) is 12.8. The van der Waals surface area contributed by atoms with Crippen molar-refractivity contribution in [3.8, 4) is 5.75 Å². The zero-order chi connectivity index (χ0) is 19.9. The molecule has 2 rings (SSSR count). The van der Waals surface area contributed by atoms with Gasteiger partial charge in [-0.1, -0.05) is 44.2 Å². The van der Waals surface area contributed by atoms with E-state index in [9.17, 15) is 13.2 Å². The summed E-state index contributed by atoms with van der Waals surface area (Å²) in [5.41, 5.74) is 1.17. The van der Waals surface area contributed by atoms with Crippen LogP contribution in [0.15, 0.2) is 48.5 Å². The summed E-state index contributed by atoms with van der Waals surface area (Å²) < 4.78 is 31.3. The van der Waals surface area contributed by atoms with Crippen LogP contribution in [0.5, 0.6) is 5.75 Å². The normalized spacial score (nSPS) is 11.0. The number of nitrogens with zero attached hydrogens (tertiary/aromatic N) is 1. The highest BCUT2D eigenvalue weighted by molar-refractivity contribution is 8.93. The fourth-order valence-electron chi connectivity index (χ4n) is 2.68. The first kappa shape index (κ1) is 24.1. The van der Waals surface area contributed by atoms with Crippen LogP contribution in [0, 0.1) is 0 Å². The number of benzene rings is 2. The molecule has 154 valence electrons. The van der Waals surface area contributed by atoms with Crippen molar-refractivity contribution in [3.63, 3.8) is 0 Å². The monoisotopic (exact) mass is 470 g/mol. The van der Waals surface area contributed by atoms with Crippen LogP contribution in [0.25, 0.3) is 0 Å². The van der Waals surface area contributed by atoms with E-state index in [2.05, 4.69) is 23.5 Å². The van der Waals surface area contributed by atoms with Gasteiger partial charge < -0.3 is 9.64 Å². The van der Waals surface area contributed by atoms with Crippen molar-refractivity contribution in [2.75, 3.05) is 37.2 Å². The lowest BCUT2D eigenvalue weighted by molar-refractivity contribution is 0.103. The molecule has 0 heterocycles. The second kappa shape index (κ2) is 11.2. The van der Waals surface area contributed by atoms with Gasteiger partial charge in [-0.25, -0.2) is 8.42 Å². The van der Waals surface area contributed by atoms with Crippen LogP contribution in [0.3, 0.4) is 0 Å². The molecule has 0 aliphatic rings. The molecule has 0 amide bonds. The minimum Gasteiger partial charge on any atom is -0.491 e. The number of hydrogen-bond acceptors (Lipinski definition) is 5. The van der Waals surface area contributed by atoms with Gasteiger partial charge in [0.25, 0.3) is 0 Å². The van der Waals surface area contributed by atoms with Crippen molar-refractivity contribution >= 4 is 38.5 Å². The molecule has 0 radical (unpaired) electrons. The molecule has 0 spiro atoms. The number of halogens is 1. The molecule has 2 aromatic carbocycles. The number of likely N-dealkylation sites (N-methyl/N-ethyl adjacent to an activating group) is 1. The topological polar surface area (TPSA) is 75.7 Å². The van der Waals surface area contributed by atoms with Crippen molar-refractivity contribution in [2.45, 2.75) is 13.8 Å². The Hall–Kier alpha value is -1.90. The molecular formula is C20H27BrN2O4S. The lowest BCUT2D eigenvalue weighted by atomic mass is 10.0. The van der Waals surface area contributed by atoms with Gasteiger partial charge in [0.05, 0.1) is 11.8 Å².